The highest BCUT2D eigenvalue weighted by Crippen LogP contribution is 2.29. The van der Waals surface area contributed by atoms with Gasteiger partial charge in [0.2, 0.25) is 0 Å². The summed E-state index contributed by atoms with van der Waals surface area (Å²) in [6, 6.07) is 4.64. The lowest BCUT2D eigenvalue weighted by Gasteiger charge is -2.14. The molecule has 0 amide bonds. The van der Waals surface area contributed by atoms with E-state index in [1.807, 2.05) is 5.38 Å². The Hall–Kier alpha value is -0.970. The second kappa shape index (κ2) is 5.80. The first-order valence-corrected chi connectivity index (χ1v) is 7.61. The van der Waals surface area contributed by atoms with E-state index in [1.165, 1.54) is 17.4 Å². The monoisotopic (exact) mass is 313 g/mol. The zero-order valence-corrected chi connectivity index (χ0v) is 13.2. The third kappa shape index (κ3) is 3.37. The van der Waals surface area contributed by atoms with Crippen LogP contribution in [0.5, 0.6) is 0 Å². The largest absolute Gasteiger partial charge is 0.388 e. The Labute approximate surface area is 127 Å². The van der Waals surface area contributed by atoms with Crippen LogP contribution in [0.1, 0.15) is 43.1 Å². The van der Waals surface area contributed by atoms with Crippen molar-refractivity contribution >= 4 is 22.9 Å². The van der Waals surface area contributed by atoms with Crippen LogP contribution in [0, 0.1) is 5.82 Å². The van der Waals surface area contributed by atoms with E-state index in [1.54, 1.807) is 12.1 Å². The highest BCUT2D eigenvalue weighted by molar-refractivity contribution is 7.09. The van der Waals surface area contributed by atoms with E-state index in [-0.39, 0.29) is 22.4 Å². The Morgan fingerprint density at radius 2 is 2.10 bits per heavy atom. The fraction of sp³-hybridized carbons (Fsp3) is 0.400. The summed E-state index contributed by atoms with van der Waals surface area (Å²) in [6.07, 6.45) is -0.648. The molecule has 2 aromatic rings. The molecule has 0 bridgehead atoms. The third-order valence-corrected chi connectivity index (χ3v) is 4.19. The Morgan fingerprint density at radius 1 is 1.40 bits per heavy atom. The summed E-state index contributed by atoms with van der Waals surface area (Å²) in [5, 5.41) is 13.0. The van der Waals surface area contributed by atoms with E-state index >= 15 is 0 Å². The molecule has 0 saturated heterocycles. The van der Waals surface area contributed by atoms with Crippen LogP contribution in [0.3, 0.4) is 0 Å². The van der Waals surface area contributed by atoms with Gasteiger partial charge in [-0.3, -0.25) is 0 Å². The average Bonchev–Trinajstić information content (AvgIpc) is 2.81. The Kier molecular flexibility index (Phi) is 4.47. The maximum Gasteiger partial charge on any atom is 0.147 e. The summed E-state index contributed by atoms with van der Waals surface area (Å²) >= 11 is 7.21. The normalized spacial score (nSPS) is 13.5. The van der Waals surface area contributed by atoms with E-state index in [0.717, 1.165) is 10.7 Å². The summed E-state index contributed by atoms with van der Waals surface area (Å²) in [4.78, 5) is 4.50. The van der Waals surface area contributed by atoms with Crippen LogP contribution in [0.4, 0.5) is 4.39 Å². The number of aliphatic hydroxyl groups is 1. The van der Waals surface area contributed by atoms with Crippen molar-refractivity contribution in [2.75, 3.05) is 0 Å². The molecule has 1 aromatic heterocycles. The van der Waals surface area contributed by atoms with Crippen LogP contribution in [-0.4, -0.2) is 10.1 Å². The molecule has 0 fully saturated rings. The fourth-order valence-electron chi connectivity index (χ4n) is 1.80. The van der Waals surface area contributed by atoms with Gasteiger partial charge >= 0.3 is 0 Å². The van der Waals surface area contributed by atoms with Crippen molar-refractivity contribution in [1.82, 2.24) is 4.98 Å². The first-order valence-electron chi connectivity index (χ1n) is 6.36. The molecular formula is C15H17ClFNOS. The molecule has 0 aliphatic heterocycles. The summed E-state index contributed by atoms with van der Waals surface area (Å²) in [5.41, 5.74) is 1.17. The van der Waals surface area contributed by atoms with Crippen LogP contribution in [-0.2, 0) is 11.8 Å². The minimum atomic E-state index is -0.937. The van der Waals surface area contributed by atoms with Gasteiger partial charge in [-0.05, 0) is 6.07 Å². The molecule has 2 rings (SSSR count). The van der Waals surface area contributed by atoms with Gasteiger partial charge in [-0.15, -0.1) is 11.3 Å². The summed E-state index contributed by atoms with van der Waals surface area (Å²) in [5.74, 6) is -0.561. The molecule has 1 heterocycles. The molecule has 0 saturated carbocycles. The molecular weight excluding hydrogens is 297 g/mol. The standard InChI is InChI=1S/C15H17ClFNOS/c1-15(2,3)12-8-20-13(18-12)7-11(19)9-5-4-6-10(16)14(9)17/h4-6,8,11,19H,7H2,1-3H3. The number of aromatic nitrogens is 1. The van der Waals surface area contributed by atoms with Crippen LogP contribution in [0.2, 0.25) is 5.02 Å². The van der Waals surface area contributed by atoms with Crippen molar-refractivity contribution in [3.8, 4) is 0 Å². The highest BCUT2D eigenvalue weighted by atomic mass is 35.5. The SMILES string of the molecule is CC(C)(C)c1csc(CC(O)c2cccc(Cl)c2F)n1. The highest BCUT2D eigenvalue weighted by Gasteiger charge is 2.20. The molecule has 1 unspecified atom stereocenters. The van der Waals surface area contributed by atoms with Crippen LogP contribution >= 0.6 is 22.9 Å². The van der Waals surface area contributed by atoms with Crippen molar-refractivity contribution < 1.29 is 9.50 Å². The first-order chi connectivity index (χ1) is 9.29. The lowest BCUT2D eigenvalue weighted by Crippen LogP contribution is -2.12. The first kappa shape index (κ1) is 15.4. The zero-order chi connectivity index (χ0) is 14.9. The van der Waals surface area contributed by atoms with E-state index in [9.17, 15) is 9.50 Å². The number of halogens is 2. The maximum absolute atomic E-state index is 13.8. The quantitative estimate of drug-likeness (QED) is 0.904. The number of thiazole rings is 1. The van der Waals surface area contributed by atoms with Crippen LogP contribution in [0.15, 0.2) is 23.6 Å². The van der Waals surface area contributed by atoms with E-state index in [2.05, 4.69) is 25.8 Å². The lowest BCUT2D eigenvalue weighted by molar-refractivity contribution is 0.173. The van der Waals surface area contributed by atoms with Gasteiger partial charge in [0.25, 0.3) is 0 Å². The van der Waals surface area contributed by atoms with Gasteiger partial charge in [-0.1, -0.05) is 44.5 Å². The topological polar surface area (TPSA) is 33.1 Å². The molecule has 0 aliphatic carbocycles. The molecule has 0 aliphatic rings. The number of hydrogen-bond acceptors (Lipinski definition) is 3. The Balaban J connectivity index is 2.18. The van der Waals surface area contributed by atoms with Gasteiger partial charge < -0.3 is 5.11 Å². The van der Waals surface area contributed by atoms with Gasteiger partial charge in [-0.25, -0.2) is 9.37 Å². The summed E-state index contributed by atoms with van der Waals surface area (Å²) < 4.78 is 13.8. The van der Waals surface area contributed by atoms with Crippen molar-refractivity contribution in [1.29, 1.82) is 0 Å². The van der Waals surface area contributed by atoms with Gasteiger partial charge in [-0.2, -0.15) is 0 Å². The van der Waals surface area contributed by atoms with E-state index < -0.39 is 11.9 Å². The predicted molar refractivity (Wildman–Crippen MR) is 80.9 cm³/mol. The molecule has 20 heavy (non-hydrogen) atoms. The third-order valence-electron chi connectivity index (χ3n) is 3.03. The molecule has 1 N–H and O–H groups in total. The number of benzene rings is 1. The average molecular weight is 314 g/mol. The second-order valence-electron chi connectivity index (χ2n) is 5.74. The summed E-state index contributed by atoms with van der Waals surface area (Å²) in [6.45, 7) is 6.25. The number of aliphatic hydroxyl groups excluding tert-OH is 1. The van der Waals surface area contributed by atoms with Crippen LogP contribution in [0.25, 0.3) is 0 Å². The molecule has 108 valence electrons. The van der Waals surface area contributed by atoms with Crippen molar-refractivity contribution in [2.45, 2.75) is 38.7 Å². The van der Waals surface area contributed by atoms with E-state index in [4.69, 9.17) is 11.6 Å². The zero-order valence-electron chi connectivity index (χ0n) is 11.7. The summed E-state index contributed by atoms with van der Waals surface area (Å²) in [7, 11) is 0. The number of rotatable bonds is 3. The van der Waals surface area contributed by atoms with E-state index in [0.29, 0.717) is 0 Å². The molecule has 0 radical (unpaired) electrons. The van der Waals surface area contributed by atoms with Gasteiger partial charge in [0, 0.05) is 22.8 Å². The van der Waals surface area contributed by atoms with Crippen LogP contribution < -0.4 is 0 Å². The molecule has 5 heteroatoms. The minimum Gasteiger partial charge on any atom is -0.388 e. The molecule has 1 atom stereocenters. The lowest BCUT2D eigenvalue weighted by atomic mass is 9.93. The van der Waals surface area contributed by atoms with Crippen molar-refractivity contribution in [2.24, 2.45) is 0 Å². The van der Waals surface area contributed by atoms with Gasteiger partial charge in [0.1, 0.15) is 5.82 Å². The number of nitrogens with zero attached hydrogens (tertiary/aromatic N) is 1. The smallest absolute Gasteiger partial charge is 0.147 e. The number of hydrogen-bond donors (Lipinski definition) is 1. The fourth-order valence-corrected chi connectivity index (χ4v) is 3.04. The Bertz CT molecular complexity index is 606. The minimum absolute atomic E-state index is 0.0241. The molecule has 2 nitrogen and oxygen atoms in total. The maximum atomic E-state index is 13.8. The van der Waals surface area contributed by atoms with Gasteiger partial charge in [0.05, 0.1) is 21.8 Å². The van der Waals surface area contributed by atoms with Gasteiger partial charge in [0.15, 0.2) is 0 Å². The predicted octanol–water partition coefficient (Wildman–Crippen LogP) is 4.51. The molecule has 1 aromatic carbocycles. The van der Waals surface area contributed by atoms with Crippen molar-refractivity contribution in [3.05, 3.63) is 50.7 Å². The second-order valence-corrected chi connectivity index (χ2v) is 7.09. The van der Waals surface area contributed by atoms with Crippen molar-refractivity contribution in [3.63, 3.8) is 0 Å². The molecule has 0 spiro atoms. The Morgan fingerprint density at radius 3 is 2.70 bits per heavy atom.